The van der Waals surface area contributed by atoms with Crippen molar-refractivity contribution in [3.8, 4) is 0 Å². The van der Waals surface area contributed by atoms with Gasteiger partial charge in [0.05, 0.1) is 0 Å². The Kier molecular flexibility index (Phi) is 15.2. The van der Waals surface area contributed by atoms with Crippen molar-refractivity contribution in [3.63, 3.8) is 0 Å². The molecule has 0 aliphatic carbocycles. The van der Waals surface area contributed by atoms with Crippen molar-refractivity contribution < 1.29 is 29.6 Å². The average molecular weight is 156 g/mol. The van der Waals surface area contributed by atoms with Crippen molar-refractivity contribution in [1.29, 1.82) is 0 Å². The molecule has 0 aliphatic heterocycles. The quantitative estimate of drug-likeness (QED) is 0.379. The Bertz CT molecular complexity index is 15.5. The van der Waals surface area contributed by atoms with Crippen LogP contribution in [0, 0.1) is 0 Å². The molecule has 0 aliphatic rings. The van der Waals surface area contributed by atoms with E-state index in [4.69, 9.17) is 15.1 Å². The monoisotopic (exact) mass is 155 g/mol. The Hall–Kier alpha value is 0.728. The molecule has 0 aromatic heterocycles. The van der Waals surface area contributed by atoms with Gasteiger partial charge in [-0.15, -0.1) is 0 Å². The van der Waals surface area contributed by atoms with Gasteiger partial charge in [-0.05, 0) is 0 Å². The summed E-state index contributed by atoms with van der Waals surface area (Å²) in [5.74, 6) is 0. The zero-order chi connectivity index (χ0) is 5.58. The van der Waals surface area contributed by atoms with Crippen molar-refractivity contribution in [2.75, 3.05) is 0 Å². The van der Waals surface area contributed by atoms with Crippen LogP contribution in [0.5, 0.6) is 0 Å². The fraction of sp³-hybridized carbons (Fsp3) is 0. The minimum atomic E-state index is -2.17. The zero-order valence-corrected chi connectivity index (χ0v) is 4.36. The van der Waals surface area contributed by atoms with Gasteiger partial charge in [0.1, 0.15) is 0 Å². The number of halogens is 1. The van der Waals surface area contributed by atoms with Crippen LogP contribution in [-0.2, 0) is 14.6 Å². The first kappa shape index (κ1) is 9.88. The molecule has 0 heterocycles. The average Bonchev–Trinajstić information content (AvgIpc) is 1.41. The van der Waals surface area contributed by atoms with Crippen molar-refractivity contribution >= 4 is 17.5 Å². The Morgan fingerprint density at radius 1 is 1.17 bits per heavy atom. The van der Waals surface area contributed by atoms with Crippen LogP contribution in [0.2, 0.25) is 0 Å². The van der Waals surface area contributed by atoms with Gasteiger partial charge in [0.15, 0.2) is 0 Å². The van der Waals surface area contributed by atoms with Gasteiger partial charge in [-0.3, -0.25) is 0 Å². The summed E-state index contributed by atoms with van der Waals surface area (Å²) in [5, 5.41) is 21.5. The third kappa shape index (κ3) is 124. The van der Waals surface area contributed by atoms with E-state index in [1.165, 1.54) is 0 Å². The van der Waals surface area contributed by atoms with Gasteiger partial charge in [-0.2, -0.15) is 0 Å². The first-order valence-corrected chi connectivity index (χ1v) is 2.25. The molecule has 0 saturated heterocycles. The van der Waals surface area contributed by atoms with E-state index in [1.807, 2.05) is 0 Å². The van der Waals surface area contributed by atoms with Gasteiger partial charge >= 0.3 is 32.1 Å². The molecule has 0 atom stereocenters. The molecule has 6 heavy (non-hydrogen) atoms. The van der Waals surface area contributed by atoms with Crippen molar-refractivity contribution in [2.24, 2.45) is 0 Å². The maximum absolute atomic E-state index is 7.17. The van der Waals surface area contributed by atoms with E-state index in [0.717, 1.165) is 0 Å². The van der Waals surface area contributed by atoms with Crippen LogP contribution in [0.25, 0.3) is 0 Å². The summed E-state index contributed by atoms with van der Waals surface area (Å²) in [6.45, 7) is 0. The van der Waals surface area contributed by atoms with Crippen LogP contribution in [0.4, 0.5) is 0 Å². The Morgan fingerprint density at radius 3 is 1.17 bits per heavy atom. The van der Waals surface area contributed by atoms with Crippen LogP contribution >= 0.6 is 10.2 Å². The standard InChI is InChI=1S/BH3O3.ClH.Ni/c2-1(3)4;;/h2-4H;1H;/q;;+1/p-1. The summed E-state index contributed by atoms with van der Waals surface area (Å²) in [6.07, 6.45) is 0. The molecule has 0 amide bonds. The minimum absolute atomic E-state index is 2.17. The van der Waals surface area contributed by atoms with Crippen molar-refractivity contribution in [2.45, 2.75) is 0 Å². The molecule has 0 bridgehead atoms. The molecule has 3 nitrogen and oxygen atoms in total. The van der Waals surface area contributed by atoms with Crippen molar-refractivity contribution in [1.82, 2.24) is 0 Å². The SMILES string of the molecule is OB(O)O.[Cl][Ni]. The predicted octanol–water partition coefficient (Wildman–Crippen LogP) is -1.36. The van der Waals surface area contributed by atoms with E-state index in [2.05, 4.69) is 24.8 Å². The van der Waals surface area contributed by atoms with E-state index in [1.54, 1.807) is 0 Å². The second-order valence-corrected chi connectivity index (χ2v) is 0.346. The third-order valence-electron chi connectivity index (χ3n) is 0. The van der Waals surface area contributed by atoms with Gasteiger partial charge < -0.3 is 15.1 Å². The molecule has 0 aromatic carbocycles. The van der Waals surface area contributed by atoms with Crippen LogP contribution in [0.1, 0.15) is 0 Å². The molecule has 6 heteroatoms. The molecule has 0 saturated carbocycles. The molecule has 0 spiro atoms. The van der Waals surface area contributed by atoms with Gasteiger partial charge in [0.25, 0.3) is 0 Å². The fourth-order valence-corrected chi connectivity index (χ4v) is 0. The number of rotatable bonds is 0. The summed E-state index contributed by atoms with van der Waals surface area (Å²) in [5.41, 5.74) is 0. The summed E-state index contributed by atoms with van der Waals surface area (Å²) in [6, 6.07) is 0. The van der Waals surface area contributed by atoms with Crippen LogP contribution in [0.3, 0.4) is 0 Å². The van der Waals surface area contributed by atoms with E-state index >= 15 is 0 Å². The molecular weight excluding hydrogens is 153 g/mol. The first-order valence-electron chi connectivity index (χ1n) is 0.894. The number of hydrogen-bond donors (Lipinski definition) is 3. The molecule has 0 aromatic rings. The fourth-order valence-electron chi connectivity index (χ4n) is 0. The summed E-state index contributed by atoms with van der Waals surface area (Å²) in [4.78, 5) is 0. The van der Waals surface area contributed by atoms with E-state index in [9.17, 15) is 0 Å². The summed E-state index contributed by atoms with van der Waals surface area (Å²) < 4.78 is 0. The normalized spacial score (nSPS) is 5.67. The van der Waals surface area contributed by atoms with Crippen LogP contribution < -0.4 is 0 Å². The molecule has 0 unspecified atom stereocenters. The molecule has 0 rings (SSSR count). The Labute approximate surface area is 47.8 Å². The van der Waals surface area contributed by atoms with Crippen LogP contribution in [-0.4, -0.2) is 22.4 Å². The second-order valence-electron chi connectivity index (χ2n) is 0.346. The third-order valence-corrected chi connectivity index (χ3v) is 0. The van der Waals surface area contributed by atoms with E-state index < -0.39 is 7.32 Å². The predicted molar refractivity (Wildman–Crippen MR) is 18.3 cm³/mol. The molecule has 0 fully saturated rings. The van der Waals surface area contributed by atoms with Crippen molar-refractivity contribution in [3.05, 3.63) is 0 Å². The van der Waals surface area contributed by atoms with Gasteiger partial charge in [-0.25, -0.2) is 0 Å². The maximum atomic E-state index is 7.17. The summed E-state index contributed by atoms with van der Waals surface area (Å²) in [7, 11) is 2.10. The summed E-state index contributed by atoms with van der Waals surface area (Å²) >= 11 is 3.35. The second kappa shape index (κ2) is 9.21. The van der Waals surface area contributed by atoms with Crippen LogP contribution in [0.15, 0.2) is 0 Å². The Balaban J connectivity index is 0. The first-order chi connectivity index (χ1) is 2.73. The molecular formula is H3BClNiO3. The molecule has 0 radical (unpaired) electrons. The van der Waals surface area contributed by atoms with E-state index in [-0.39, 0.29) is 0 Å². The molecule has 41 valence electrons. The molecule has 3 N–H and O–H groups in total. The van der Waals surface area contributed by atoms with Gasteiger partial charge in [0.2, 0.25) is 0 Å². The van der Waals surface area contributed by atoms with Gasteiger partial charge in [0, 0.05) is 0 Å². The zero-order valence-electron chi connectivity index (χ0n) is 2.61. The Morgan fingerprint density at radius 2 is 1.17 bits per heavy atom. The van der Waals surface area contributed by atoms with E-state index in [0.29, 0.717) is 0 Å². The van der Waals surface area contributed by atoms with Gasteiger partial charge in [-0.1, -0.05) is 0 Å². The topological polar surface area (TPSA) is 60.7 Å². The number of hydrogen-bond acceptors (Lipinski definition) is 3.